The zero-order chi connectivity index (χ0) is 20.7. The highest BCUT2D eigenvalue weighted by Gasteiger charge is 2.25. The van der Waals surface area contributed by atoms with Crippen molar-refractivity contribution in [2.24, 2.45) is 11.8 Å². The first kappa shape index (κ1) is 23.9. The lowest BCUT2D eigenvalue weighted by Crippen LogP contribution is -2.32. The maximum absolute atomic E-state index is 11.5. The quantitative estimate of drug-likeness (QED) is 0.284. The summed E-state index contributed by atoms with van der Waals surface area (Å²) < 4.78 is 11.2. The van der Waals surface area contributed by atoms with Gasteiger partial charge in [-0.1, -0.05) is 42.9 Å². The van der Waals surface area contributed by atoms with Gasteiger partial charge in [-0.25, -0.2) is 4.79 Å². The Morgan fingerprint density at radius 2 is 1.93 bits per heavy atom. The minimum Gasteiger partial charge on any atom is -0.479 e. The van der Waals surface area contributed by atoms with Gasteiger partial charge in [0.05, 0.1) is 0 Å². The lowest BCUT2D eigenvalue weighted by atomic mass is 9.92. The van der Waals surface area contributed by atoms with Crippen molar-refractivity contribution in [3.63, 3.8) is 0 Å². The lowest BCUT2D eigenvalue weighted by Gasteiger charge is -2.25. The molecule has 1 saturated heterocycles. The number of hydrogen-bond acceptors (Lipinski definition) is 3. The van der Waals surface area contributed by atoms with Crippen LogP contribution in [0.5, 0.6) is 0 Å². The third-order valence-electron chi connectivity index (χ3n) is 6.01. The van der Waals surface area contributed by atoms with Crippen molar-refractivity contribution in [3.8, 4) is 0 Å². The fourth-order valence-corrected chi connectivity index (χ4v) is 4.29. The number of hydrogen-bond donors (Lipinski definition) is 1. The van der Waals surface area contributed by atoms with Gasteiger partial charge >= 0.3 is 5.97 Å². The molecule has 0 amide bonds. The van der Waals surface area contributed by atoms with Gasteiger partial charge in [-0.3, -0.25) is 0 Å². The van der Waals surface area contributed by atoms with Crippen molar-refractivity contribution in [1.29, 1.82) is 0 Å². The van der Waals surface area contributed by atoms with Crippen LogP contribution in [0, 0.1) is 11.8 Å². The molecular formula is C25H40O4. The van der Waals surface area contributed by atoms with Crippen LogP contribution in [0.4, 0.5) is 0 Å². The van der Waals surface area contributed by atoms with E-state index in [0.29, 0.717) is 18.9 Å². The van der Waals surface area contributed by atoms with Crippen LogP contribution in [0.1, 0.15) is 84.0 Å². The molecule has 2 aliphatic rings. The summed E-state index contributed by atoms with van der Waals surface area (Å²) in [6, 6.07) is 0. The van der Waals surface area contributed by atoms with Gasteiger partial charge in [0, 0.05) is 6.61 Å². The Bertz CT molecular complexity index is 531. The third-order valence-corrected chi connectivity index (χ3v) is 6.01. The van der Waals surface area contributed by atoms with E-state index in [1.54, 1.807) is 0 Å². The molecule has 4 heteroatoms. The summed E-state index contributed by atoms with van der Waals surface area (Å²) in [6.45, 7) is 2.75. The number of ether oxygens (including phenoxy) is 2. The zero-order valence-electron chi connectivity index (χ0n) is 18.1. The maximum Gasteiger partial charge on any atom is 0.332 e. The number of unbranched alkanes of at least 4 members (excludes halogenated alkanes) is 2. The molecule has 0 bridgehead atoms. The summed E-state index contributed by atoms with van der Waals surface area (Å²) in [7, 11) is 0. The largest absolute Gasteiger partial charge is 0.479 e. The standard InChI is InChI=1S/C25H40O4/c1-2-3-4-5-6-8-14-21-16-13-17-22(21)15-9-7-10-18-23(25(26)27)29-24-19-11-12-20-28-24/h2-3,7-9,14,21-24H,4-6,10-13,15-20H2,1H3,(H,26,27)/t21-,22-,23?,24?/m0/s1. The maximum atomic E-state index is 11.5. The highest BCUT2D eigenvalue weighted by Crippen LogP contribution is 2.35. The SMILES string of the molecule is CC=CCCCC=C[C@H]1CCC[C@@H]1CC=CCCC(OC1CCCCO1)C(=O)O. The predicted molar refractivity (Wildman–Crippen MR) is 118 cm³/mol. The Morgan fingerprint density at radius 1 is 1.07 bits per heavy atom. The summed E-state index contributed by atoms with van der Waals surface area (Å²) in [5, 5.41) is 9.40. The lowest BCUT2D eigenvalue weighted by molar-refractivity contribution is -0.201. The van der Waals surface area contributed by atoms with Crippen molar-refractivity contribution < 1.29 is 19.4 Å². The van der Waals surface area contributed by atoms with E-state index in [1.807, 2.05) is 0 Å². The average molecular weight is 405 g/mol. The minimum atomic E-state index is -0.886. The Balaban J connectivity index is 1.65. The van der Waals surface area contributed by atoms with Crippen LogP contribution < -0.4 is 0 Å². The molecule has 0 spiro atoms. The molecule has 0 aromatic carbocycles. The normalized spacial score (nSPS) is 26.7. The molecule has 1 saturated carbocycles. The second-order valence-electron chi connectivity index (χ2n) is 8.33. The van der Waals surface area contributed by atoms with Gasteiger partial charge < -0.3 is 14.6 Å². The molecule has 29 heavy (non-hydrogen) atoms. The summed E-state index contributed by atoms with van der Waals surface area (Å²) in [5.74, 6) is 0.558. The first-order valence-electron chi connectivity index (χ1n) is 11.6. The zero-order valence-corrected chi connectivity index (χ0v) is 18.1. The van der Waals surface area contributed by atoms with Crippen LogP contribution in [0.2, 0.25) is 0 Å². The summed E-state index contributed by atoms with van der Waals surface area (Å²) in [6.07, 6.45) is 25.2. The molecule has 0 aromatic heterocycles. The smallest absolute Gasteiger partial charge is 0.332 e. The van der Waals surface area contributed by atoms with Gasteiger partial charge in [0.2, 0.25) is 0 Å². The van der Waals surface area contributed by atoms with Gasteiger partial charge in [0.15, 0.2) is 12.4 Å². The van der Waals surface area contributed by atoms with Gasteiger partial charge in [-0.05, 0) is 89.4 Å². The number of carbonyl (C=O) groups is 1. The fraction of sp³-hybridized carbons (Fsp3) is 0.720. The van der Waals surface area contributed by atoms with E-state index in [4.69, 9.17) is 9.47 Å². The molecule has 164 valence electrons. The summed E-state index contributed by atoms with van der Waals surface area (Å²) in [5.41, 5.74) is 0. The average Bonchev–Trinajstić information content (AvgIpc) is 3.17. The highest BCUT2D eigenvalue weighted by molar-refractivity contribution is 5.72. The van der Waals surface area contributed by atoms with Crippen molar-refractivity contribution in [2.75, 3.05) is 6.61 Å². The molecule has 0 aromatic rings. The molecule has 4 nitrogen and oxygen atoms in total. The van der Waals surface area contributed by atoms with E-state index in [1.165, 1.54) is 38.5 Å². The van der Waals surface area contributed by atoms with Crippen molar-refractivity contribution in [1.82, 2.24) is 0 Å². The van der Waals surface area contributed by atoms with E-state index in [2.05, 4.69) is 43.4 Å². The Hall–Kier alpha value is -1.39. The summed E-state index contributed by atoms with van der Waals surface area (Å²) >= 11 is 0. The number of allylic oxidation sites excluding steroid dienone is 6. The molecular weight excluding hydrogens is 364 g/mol. The van der Waals surface area contributed by atoms with Crippen LogP contribution in [-0.4, -0.2) is 30.1 Å². The van der Waals surface area contributed by atoms with E-state index < -0.39 is 12.1 Å². The monoisotopic (exact) mass is 404 g/mol. The molecule has 0 radical (unpaired) electrons. The van der Waals surface area contributed by atoms with E-state index in [-0.39, 0.29) is 6.29 Å². The second kappa shape index (κ2) is 14.6. The van der Waals surface area contributed by atoms with Crippen molar-refractivity contribution in [2.45, 2.75) is 96.4 Å². The number of rotatable bonds is 13. The Kier molecular flexibility index (Phi) is 12.0. The molecule has 2 unspecified atom stereocenters. The van der Waals surface area contributed by atoms with Crippen LogP contribution in [0.25, 0.3) is 0 Å². The van der Waals surface area contributed by atoms with E-state index in [9.17, 15) is 9.90 Å². The molecule has 2 rings (SSSR count). The molecule has 1 aliphatic heterocycles. The topological polar surface area (TPSA) is 55.8 Å². The molecule has 1 aliphatic carbocycles. The van der Waals surface area contributed by atoms with Crippen LogP contribution in [0.3, 0.4) is 0 Å². The number of aliphatic carboxylic acids is 1. The molecule has 1 heterocycles. The Labute approximate surface area is 177 Å². The van der Waals surface area contributed by atoms with Gasteiger partial charge in [-0.15, -0.1) is 0 Å². The second-order valence-corrected chi connectivity index (χ2v) is 8.33. The molecule has 2 fully saturated rings. The van der Waals surface area contributed by atoms with Crippen molar-refractivity contribution >= 4 is 5.97 Å². The van der Waals surface area contributed by atoms with Crippen LogP contribution in [0.15, 0.2) is 36.5 Å². The first-order chi connectivity index (χ1) is 14.2. The number of carboxylic acid groups (broad SMARTS) is 1. The van der Waals surface area contributed by atoms with Crippen molar-refractivity contribution in [3.05, 3.63) is 36.5 Å². The van der Waals surface area contributed by atoms with Crippen LogP contribution >= 0.6 is 0 Å². The first-order valence-corrected chi connectivity index (χ1v) is 11.6. The minimum absolute atomic E-state index is 0.349. The predicted octanol–water partition coefficient (Wildman–Crippen LogP) is 6.43. The fourth-order valence-electron chi connectivity index (χ4n) is 4.29. The third kappa shape index (κ3) is 9.77. The van der Waals surface area contributed by atoms with E-state index in [0.717, 1.165) is 38.0 Å². The van der Waals surface area contributed by atoms with Gasteiger partial charge in [0.1, 0.15) is 0 Å². The molecule has 1 N–H and O–H groups in total. The van der Waals surface area contributed by atoms with Crippen LogP contribution in [-0.2, 0) is 14.3 Å². The number of carboxylic acids is 1. The molecule has 4 atom stereocenters. The van der Waals surface area contributed by atoms with E-state index >= 15 is 0 Å². The highest BCUT2D eigenvalue weighted by atomic mass is 16.7. The van der Waals surface area contributed by atoms with Gasteiger partial charge in [-0.2, -0.15) is 0 Å². The van der Waals surface area contributed by atoms with Gasteiger partial charge in [0.25, 0.3) is 0 Å². The Morgan fingerprint density at radius 3 is 2.69 bits per heavy atom. The summed E-state index contributed by atoms with van der Waals surface area (Å²) in [4.78, 5) is 11.5.